The maximum absolute atomic E-state index is 11.4. The molecule has 1 aromatic carbocycles. The summed E-state index contributed by atoms with van der Waals surface area (Å²) in [5.41, 5.74) is 7.16. The molecule has 0 saturated heterocycles. The van der Waals surface area contributed by atoms with Crippen molar-refractivity contribution in [1.29, 1.82) is 0 Å². The van der Waals surface area contributed by atoms with Gasteiger partial charge in [-0.15, -0.1) is 0 Å². The Hall–Kier alpha value is -1.27. The third-order valence-electron chi connectivity index (χ3n) is 2.01. The molecule has 1 aromatic rings. The van der Waals surface area contributed by atoms with Crippen LogP contribution in [0.1, 0.15) is 5.56 Å². The molecule has 0 unspecified atom stereocenters. The van der Waals surface area contributed by atoms with Crippen molar-refractivity contribution in [1.82, 2.24) is 0 Å². The molecular weight excluding hydrogens is 264 g/mol. The number of benzene rings is 1. The summed E-state index contributed by atoms with van der Waals surface area (Å²) in [7, 11) is -3.34. The van der Waals surface area contributed by atoms with E-state index in [1.807, 2.05) is 0 Å². The summed E-state index contributed by atoms with van der Waals surface area (Å²) in [5, 5.41) is 2.79. The van der Waals surface area contributed by atoms with E-state index < -0.39 is 21.5 Å². The smallest absolute Gasteiger partial charge is 0.239 e. The van der Waals surface area contributed by atoms with Crippen LogP contribution in [-0.2, 0) is 14.6 Å². The Morgan fingerprint density at radius 3 is 2.59 bits per heavy atom. The van der Waals surface area contributed by atoms with Gasteiger partial charge in [0.1, 0.15) is 5.75 Å². The Kier molecular flexibility index (Phi) is 4.00. The SMILES string of the molecule is Cc1cc(N)c(Cl)cc1NC(=O)CS(C)(=O)=O. The van der Waals surface area contributed by atoms with Crippen LogP contribution in [0.3, 0.4) is 0 Å². The monoisotopic (exact) mass is 276 g/mol. The number of rotatable bonds is 3. The number of sulfone groups is 1. The van der Waals surface area contributed by atoms with Crippen molar-refractivity contribution in [3.63, 3.8) is 0 Å². The molecule has 94 valence electrons. The molecule has 0 aromatic heterocycles. The highest BCUT2D eigenvalue weighted by Crippen LogP contribution is 2.26. The third kappa shape index (κ3) is 4.24. The number of hydrogen-bond donors (Lipinski definition) is 2. The fourth-order valence-electron chi connectivity index (χ4n) is 1.26. The number of carbonyl (C=O) groups is 1. The number of nitrogen functional groups attached to an aromatic ring is 1. The minimum atomic E-state index is -3.34. The van der Waals surface area contributed by atoms with Gasteiger partial charge >= 0.3 is 0 Å². The lowest BCUT2D eigenvalue weighted by atomic mass is 10.2. The zero-order valence-electron chi connectivity index (χ0n) is 9.45. The molecule has 5 nitrogen and oxygen atoms in total. The van der Waals surface area contributed by atoms with E-state index in [0.29, 0.717) is 22.0 Å². The van der Waals surface area contributed by atoms with E-state index in [-0.39, 0.29) is 0 Å². The van der Waals surface area contributed by atoms with Crippen molar-refractivity contribution >= 4 is 38.7 Å². The van der Waals surface area contributed by atoms with Gasteiger partial charge < -0.3 is 11.1 Å². The second kappa shape index (κ2) is 4.93. The van der Waals surface area contributed by atoms with Gasteiger partial charge in [0.05, 0.1) is 10.7 Å². The first-order valence-electron chi connectivity index (χ1n) is 4.72. The molecule has 17 heavy (non-hydrogen) atoms. The van der Waals surface area contributed by atoms with E-state index in [4.69, 9.17) is 17.3 Å². The zero-order valence-corrected chi connectivity index (χ0v) is 11.0. The van der Waals surface area contributed by atoms with Gasteiger partial charge in [0.2, 0.25) is 5.91 Å². The predicted octanol–water partition coefficient (Wildman–Crippen LogP) is 1.21. The van der Waals surface area contributed by atoms with Gasteiger partial charge in [0.25, 0.3) is 0 Å². The maximum Gasteiger partial charge on any atom is 0.239 e. The molecule has 3 N–H and O–H groups in total. The fraction of sp³-hybridized carbons (Fsp3) is 0.300. The van der Waals surface area contributed by atoms with Gasteiger partial charge in [0.15, 0.2) is 9.84 Å². The summed E-state index contributed by atoms with van der Waals surface area (Å²) in [6.07, 6.45) is 0.995. The summed E-state index contributed by atoms with van der Waals surface area (Å²) < 4.78 is 21.9. The van der Waals surface area contributed by atoms with Gasteiger partial charge in [-0.2, -0.15) is 0 Å². The van der Waals surface area contributed by atoms with Crippen molar-refractivity contribution in [3.8, 4) is 0 Å². The first-order chi connectivity index (χ1) is 7.69. The number of halogens is 1. The van der Waals surface area contributed by atoms with Gasteiger partial charge in [-0.25, -0.2) is 8.42 Å². The van der Waals surface area contributed by atoms with Crippen LogP contribution in [0.25, 0.3) is 0 Å². The van der Waals surface area contributed by atoms with Crippen molar-refractivity contribution in [2.45, 2.75) is 6.92 Å². The number of hydrogen-bond acceptors (Lipinski definition) is 4. The lowest BCUT2D eigenvalue weighted by molar-refractivity contribution is -0.113. The number of nitrogens with one attached hydrogen (secondary N) is 1. The van der Waals surface area contributed by atoms with Crippen LogP contribution in [0.15, 0.2) is 12.1 Å². The van der Waals surface area contributed by atoms with Crippen LogP contribution in [0.4, 0.5) is 11.4 Å². The number of amides is 1. The third-order valence-corrected chi connectivity index (χ3v) is 3.12. The molecule has 0 aliphatic heterocycles. The highest BCUT2D eigenvalue weighted by atomic mass is 35.5. The Morgan fingerprint density at radius 2 is 2.06 bits per heavy atom. The van der Waals surface area contributed by atoms with Crippen molar-refractivity contribution in [2.24, 2.45) is 0 Å². The van der Waals surface area contributed by atoms with E-state index in [0.717, 1.165) is 6.26 Å². The summed E-state index contributed by atoms with van der Waals surface area (Å²) in [6, 6.07) is 3.10. The molecule has 1 rings (SSSR count). The molecule has 1 amide bonds. The normalized spacial score (nSPS) is 11.2. The van der Waals surface area contributed by atoms with E-state index in [9.17, 15) is 13.2 Å². The summed E-state index contributed by atoms with van der Waals surface area (Å²) in [4.78, 5) is 11.4. The molecule has 0 saturated carbocycles. The number of aryl methyl sites for hydroxylation is 1. The van der Waals surface area contributed by atoms with Crippen LogP contribution in [0, 0.1) is 6.92 Å². The highest BCUT2D eigenvalue weighted by Gasteiger charge is 2.12. The molecule has 7 heteroatoms. The van der Waals surface area contributed by atoms with Crippen molar-refractivity contribution in [2.75, 3.05) is 23.1 Å². The Morgan fingerprint density at radius 1 is 1.47 bits per heavy atom. The summed E-state index contributed by atoms with van der Waals surface area (Å²) in [6.45, 7) is 1.74. The van der Waals surface area contributed by atoms with Gasteiger partial charge in [0, 0.05) is 11.9 Å². The van der Waals surface area contributed by atoms with Crippen LogP contribution in [0.2, 0.25) is 5.02 Å². The zero-order chi connectivity index (χ0) is 13.2. The second-order valence-electron chi connectivity index (χ2n) is 3.81. The second-order valence-corrected chi connectivity index (χ2v) is 6.35. The molecule has 0 atom stereocenters. The number of carbonyl (C=O) groups excluding carboxylic acids is 1. The predicted molar refractivity (Wildman–Crippen MR) is 68.9 cm³/mol. The topological polar surface area (TPSA) is 89.3 Å². The van der Waals surface area contributed by atoms with E-state index in [1.165, 1.54) is 6.07 Å². The quantitative estimate of drug-likeness (QED) is 0.812. The number of anilines is 2. The molecule has 0 spiro atoms. The largest absolute Gasteiger partial charge is 0.398 e. The molecule has 0 radical (unpaired) electrons. The Bertz CT molecular complexity index is 555. The Balaban J connectivity index is 2.89. The molecule has 0 fully saturated rings. The lowest BCUT2D eigenvalue weighted by Gasteiger charge is -2.09. The van der Waals surface area contributed by atoms with Crippen molar-refractivity contribution in [3.05, 3.63) is 22.7 Å². The molecular formula is C10H13ClN2O3S. The first kappa shape index (κ1) is 13.8. The van der Waals surface area contributed by atoms with Crippen molar-refractivity contribution < 1.29 is 13.2 Å². The fourth-order valence-corrected chi connectivity index (χ4v) is 1.98. The average Bonchev–Trinajstić information content (AvgIpc) is 2.11. The van der Waals surface area contributed by atoms with Gasteiger partial charge in [-0.05, 0) is 24.6 Å². The standard InChI is InChI=1S/C10H13ClN2O3S/c1-6-3-8(12)7(11)4-9(6)13-10(14)5-17(2,15)16/h3-4H,5,12H2,1-2H3,(H,13,14). The molecule has 0 heterocycles. The summed E-state index contributed by atoms with van der Waals surface area (Å²) >= 11 is 5.81. The maximum atomic E-state index is 11.4. The first-order valence-corrected chi connectivity index (χ1v) is 7.16. The van der Waals surface area contributed by atoms with Gasteiger partial charge in [-0.3, -0.25) is 4.79 Å². The van der Waals surface area contributed by atoms with Gasteiger partial charge in [-0.1, -0.05) is 11.6 Å². The van der Waals surface area contributed by atoms with Crippen LogP contribution < -0.4 is 11.1 Å². The highest BCUT2D eigenvalue weighted by molar-refractivity contribution is 7.91. The number of nitrogens with two attached hydrogens (primary N) is 1. The van der Waals surface area contributed by atoms with E-state index >= 15 is 0 Å². The molecule has 0 aliphatic rings. The average molecular weight is 277 g/mol. The van der Waals surface area contributed by atoms with Crippen LogP contribution in [0.5, 0.6) is 0 Å². The molecule has 0 aliphatic carbocycles. The van der Waals surface area contributed by atoms with Crippen LogP contribution >= 0.6 is 11.6 Å². The Labute approximate surface area is 105 Å². The van der Waals surface area contributed by atoms with E-state index in [2.05, 4.69) is 5.32 Å². The summed E-state index contributed by atoms with van der Waals surface area (Å²) in [5.74, 6) is -1.16. The minimum absolute atomic E-state index is 0.310. The van der Waals surface area contributed by atoms with E-state index in [1.54, 1.807) is 13.0 Å². The molecule has 0 bridgehead atoms. The lowest BCUT2D eigenvalue weighted by Crippen LogP contribution is -2.22. The van der Waals surface area contributed by atoms with Crippen LogP contribution in [-0.4, -0.2) is 26.3 Å². The minimum Gasteiger partial charge on any atom is -0.398 e.